The van der Waals surface area contributed by atoms with Gasteiger partial charge in [0, 0.05) is 36.7 Å². The van der Waals surface area contributed by atoms with Crippen LogP contribution in [-0.2, 0) is 4.79 Å². The Balaban J connectivity index is 0.000000342. The van der Waals surface area contributed by atoms with Gasteiger partial charge in [0.25, 0.3) is 0 Å². The van der Waals surface area contributed by atoms with E-state index in [2.05, 4.69) is 5.32 Å². The predicted octanol–water partition coefficient (Wildman–Crippen LogP) is 3.96. The molecule has 186 valence electrons. The first-order valence-corrected chi connectivity index (χ1v) is 11.1. The Labute approximate surface area is 220 Å². The molecule has 3 fully saturated rings. The van der Waals surface area contributed by atoms with Crippen molar-refractivity contribution in [1.82, 2.24) is 5.32 Å². The molecule has 3 saturated carbocycles. The maximum Gasteiger partial charge on any atom is 0.248 e. The fourth-order valence-electron chi connectivity index (χ4n) is 5.10. The Morgan fingerprint density at radius 3 is 2.30 bits per heavy atom. The van der Waals surface area contributed by atoms with Crippen molar-refractivity contribution in [3.8, 4) is 0 Å². The van der Waals surface area contributed by atoms with Crippen LogP contribution < -0.4 is 5.32 Å². The van der Waals surface area contributed by atoms with Gasteiger partial charge in [0.2, 0.25) is 5.91 Å². The number of aliphatic hydroxyl groups excluding tert-OH is 2. The number of carbonyl (C=O) groups is 1. The van der Waals surface area contributed by atoms with Crippen LogP contribution in [0, 0.1) is 48.2 Å². The maximum absolute atomic E-state index is 14.2. The molecular formula is C22H31ClF3N2O4U-. The topological polar surface area (TPSA) is 125 Å². The Morgan fingerprint density at radius 1 is 1.24 bits per heavy atom. The van der Waals surface area contributed by atoms with Gasteiger partial charge in [-0.15, -0.1) is 6.04 Å². The number of amides is 1. The molecule has 0 radical (unpaired) electrons. The van der Waals surface area contributed by atoms with Crippen molar-refractivity contribution in [2.24, 2.45) is 5.41 Å². The van der Waals surface area contributed by atoms with Crippen LogP contribution in [0.2, 0.25) is 5.02 Å². The van der Waals surface area contributed by atoms with Gasteiger partial charge in [-0.2, -0.15) is 0 Å². The molecule has 0 saturated heterocycles. The van der Waals surface area contributed by atoms with E-state index in [1.807, 2.05) is 0 Å². The molecule has 6 nitrogen and oxygen atoms in total. The van der Waals surface area contributed by atoms with Crippen molar-refractivity contribution in [3.63, 3.8) is 0 Å². The molecule has 3 aliphatic carbocycles. The predicted molar refractivity (Wildman–Crippen MR) is 115 cm³/mol. The molecule has 4 rings (SSSR count). The van der Waals surface area contributed by atoms with Crippen LogP contribution in [0.25, 0.3) is 5.73 Å². The molecule has 4 atom stereocenters. The number of alkyl halides is 1. The second-order valence-corrected chi connectivity index (χ2v) is 9.58. The Kier molecular flexibility index (Phi) is 11.2. The first-order valence-electron chi connectivity index (χ1n) is 10.7. The zero-order valence-electron chi connectivity index (χ0n) is 18.4. The summed E-state index contributed by atoms with van der Waals surface area (Å²) in [5, 5.41) is 20.6. The monoisotopic (exact) mass is 717 g/mol. The summed E-state index contributed by atoms with van der Waals surface area (Å²) < 4.78 is 42.0. The number of hydrogen-bond acceptors (Lipinski definition) is 3. The van der Waals surface area contributed by atoms with Crippen LogP contribution in [0.1, 0.15) is 69.9 Å². The standard InChI is InChI=1S/C14H14ClF3N.C8H15NO3.H2O.U/c15-8-1-2-9(16)10(11(8)17)12(19)13-3-5-14(18,7-13)6-4-13;1-5(10)8(12)9-6-3-2-4-7(6)11;;/h1-2,12,19H,3-7H2;5-7,10-11H,2-4H2,1H3,(H,9,12);1H2;/q-1;;;. The molecule has 6 N–H and O–H groups in total. The minimum Gasteiger partial charge on any atom is -0.670 e. The van der Waals surface area contributed by atoms with Gasteiger partial charge in [0.05, 0.1) is 17.2 Å². The summed E-state index contributed by atoms with van der Waals surface area (Å²) in [6.07, 6.45) is 3.12. The third-order valence-electron chi connectivity index (χ3n) is 6.98. The van der Waals surface area contributed by atoms with Gasteiger partial charge in [-0.3, -0.25) is 4.79 Å². The van der Waals surface area contributed by atoms with Crippen molar-refractivity contribution >= 4 is 17.5 Å². The number of hydrogen-bond donors (Lipinski definition) is 3. The van der Waals surface area contributed by atoms with E-state index in [4.69, 9.17) is 22.4 Å². The van der Waals surface area contributed by atoms with Gasteiger partial charge < -0.3 is 26.7 Å². The number of carbonyl (C=O) groups excluding carboxylic acids is 1. The van der Waals surface area contributed by atoms with Crippen molar-refractivity contribution in [3.05, 3.63) is 40.1 Å². The number of rotatable bonds is 4. The van der Waals surface area contributed by atoms with Crippen molar-refractivity contribution in [1.29, 1.82) is 0 Å². The van der Waals surface area contributed by atoms with Crippen molar-refractivity contribution < 1.29 is 64.8 Å². The average Bonchev–Trinajstić information content (AvgIpc) is 3.39. The Morgan fingerprint density at radius 2 is 1.85 bits per heavy atom. The van der Waals surface area contributed by atoms with Gasteiger partial charge in [-0.25, -0.2) is 13.2 Å². The third-order valence-corrected chi connectivity index (χ3v) is 7.27. The van der Waals surface area contributed by atoms with Crippen molar-refractivity contribution in [2.45, 2.75) is 88.3 Å². The first-order chi connectivity index (χ1) is 14.5. The van der Waals surface area contributed by atoms with Gasteiger partial charge in [0.15, 0.2) is 0 Å². The van der Waals surface area contributed by atoms with E-state index in [0.717, 1.165) is 31.4 Å². The smallest absolute Gasteiger partial charge is 0.248 e. The maximum atomic E-state index is 14.2. The van der Waals surface area contributed by atoms with E-state index >= 15 is 0 Å². The van der Waals surface area contributed by atoms with Gasteiger partial charge >= 0.3 is 0 Å². The summed E-state index contributed by atoms with van der Waals surface area (Å²) in [6, 6.07) is 0.965. The molecule has 1 aromatic rings. The SMILES string of the molecule is CC(O)C(=O)NC1CCCC1O.O.[NH-]C(c1c(F)ccc(Cl)c1F)C12CCC(F)(CC1)C2.[U]. The number of halogens is 4. The largest absolute Gasteiger partial charge is 0.670 e. The van der Waals surface area contributed by atoms with Crippen LogP contribution in [0.15, 0.2) is 12.1 Å². The summed E-state index contributed by atoms with van der Waals surface area (Å²) in [5.74, 6) is -2.04. The molecule has 1 aromatic carbocycles. The summed E-state index contributed by atoms with van der Waals surface area (Å²) in [4.78, 5) is 11.0. The fraction of sp³-hybridized carbons (Fsp3) is 0.682. The summed E-state index contributed by atoms with van der Waals surface area (Å²) in [6.45, 7) is 1.41. The Bertz CT molecular complexity index is 825. The zero-order chi connectivity index (χ0) is 23.0. The quantitative estimate of drug-likeness (QED) is 0.409. The van der Waals surface area contributed by atoms with Crippen LogP contribution in [0.3, 0.4) is 0 Å². The van der Waals surface area contributed by atoms with E-state index in [0.29, 0.717) is 25.7 Å². The molecule has 0 heterocycles. The van der Waals surface area contributed by atoms with Crippen LogP contribution in [0.4, 0.5) is 13.2 Å². The van der Waals surface area contributed by atoms with Gasteiger partial charge in [-0.1, -0.05) is 11.6 Å². The Hall–Kier alpha value is -0.338. The normalized spacial score (nSPS) is 31.5. The number of nitrogens with one attached hydrogen (secondary N) is 2. The minimum absolute atomic E-state index is 0. The molecule has 2 bridgehead atoms. The van der Waals surface area contributed by atoms with E-state index in [1.165, 1.54) is 6.92 Å². The third kappa shape index (κ3) is 6.66. The molecule has 1 amide bonds. The number of fused-ring (bicyclic) bond motifs is 2. The minimum atomic E-state index is -1.23. The summed E-state index contributed by atoms with van der Waals surface area (Å²) in [7, 11) is 0. The second-order valence-electron chi connectivity index (χ2n) is 9.17. The molecule has 11 heteroatoms. The van der Waals surface area contributed by atoms with Crippen LogP contribution >= 0.6 is 11.6 Å². The average molecular weight is 718 g/mol. The molecule has 33 heavy (non-hydrogen) atoms. The van der Waals surface area contributed by atoms with E-state index < -0.39 is 46.9 Å². The molecule has 3 aliphatic rings. The van der Waals surface area contributed by atoms with Gasteiger partial charge in [0.1, 0.15) is 23.4 Å². The molecule has 4 unspecified atom stereocenters. The van der Waals surface area contributed by atoms with Gasteiger partial charge in [-0.05, 0) is 75.8 Å². The summed E-state index contributed by atoms with van der Waals surface area (Å²) in [5.41, 5.74) is 6.07. The number of benzene rings is 1. The molecular weight excluding hydrogens is 687 g/mol. The van der Waals surface area contributed by atoms with E-state index in [1.54, 1.807) is 0 Å². The van der Waals surface area contributed by atoms with E-state index in [9.17, 15) is 23.1 Å². The summed E-state index contributed by atoms with van der Waals surface area (Å²) >= 11 is 5.66. The molecule has 0 aromatic heterocycles. The molecule has 0 aliphatic heterocycles. The molecule has 0 spiro atoms. The zero-order valence-corrected chi connectivity index (χ0v) is 23.4. The number of aliphatic hydroxyl groups is 2. The van der Waals surface area contributed by atoms with Crippen LogP contribution in [0.5, 0.6) is 0 Å². The van der Waals surface area contributed by atoms with Crippen LogP contribution in [-0.4, -0.2) is 45.5 Å². The second kappa shape index (κ2) is 12.1. The fourth-order valence-corrected chi connectivity index (χ4v) is 5.26. The van der Waals surface area contributed by atoms with Crippen molar-refractivity contribution in [2.75, 3.05) is 0 Å². The first kappa shape index (κ1) is 30.7. The van der Waals surface area contributed by atoms with E-state index in [-0.39, 0.29) is 59.6 Å².